The van der Waals surface area contributed by atoms with E-state index in [2.05, 4.69) is 5.32 Å². The average Bonchev–Trinajstić information content (AvgIpc) is 2.68. The van der Waals surface area contributed by atoms with E-state index in [1.54, 1.807) is 23.5 Å². The zero-order valence-electron chi connectivity index (χ0n) is 11.4. The highest BCUT2D eigenvalue weighted by Crippen LogP contribution is 2.22. The van der Waals surface area contributed by atoms with Gasteiger partial charge in [0, 0.05) is 21.7 Å². The largest absolute Gasteiger partial charge is 0.322 e. The quantitative estimate of drug-likeness (QED) is 0.948. The summed E-state index contributed by atoms with van der Waals surface area (Å²) in [7, 11) is -3.28. The van der Waals surface area contributed by atoms with E-state index in [1.807, 2.05) is 19.9 Å². The number of nitrogens with one attached hydrogen (secondary N) is 1. The molecule has 0 saturated carbocycles. The SMILES string of the molecule is Cc1cc(C(=O)Nc2cccc(S(C)(=O)=O)c2)c(C)s1. The number of carbonyl (C=O) groups excluding carboxylic acids is 1. The second-order valence-corrected chi connectivity index (χ2v) is 8.06. The number of anilines is 1. The lowest BCUT2D eigenvalue weighted by molar-refractivity contribution is 0.102. The molecule has 0 aliphatic heterocycles. The molecular weight excluding hydrogens is 294 g/mol. The highest BCUT2D eigenvalue weighted by Gasteiger charge is 2.13. The van der Waals surface area contributed by atoms with Crippen molar-refractivity contribution < 1.29 is 13.2 Å². The number of rotatable bonds is 3. The first-order valence-corrected chi connectivity index (χ1v) is 8.66. The first-order chi connectivity index (χ1) is 9.27. The molecule has 1 N–H and O–H groups in total. The van der Waals surface area contributed by atoms with Crippen LogP contribution in [0.2, 0.25) is 0 Å². The Morgan fingerprint density at radius 1 is 1.20 bits per heavy atom. The van der Waals surface area contributed by atoms with Crippen molar-refractivity contribution in [3.05, 3.63) is 45.6 Å². The van der Waals surface area contributed by atoms with Crippen LogP contribution >= 0.6 is 11.3 Å². The molecule has 0 aliphatic rings. The monoisotopic (exact) mass is 309 g/mol. The molecule has 0 spiro atoms. The molecule has 0 saturated heterocycles. The van der Waals surface area contributed by atoms with Crippen LogP contribution in [-0.4, -0.2) is 20.6 Å². The van der Waals surface area contributed by atoms with E-state index in [-0.39, 0.29) is 10.8 Å². The standard InChI is InChI=1S/C14H15NO3S2/c1-9-7-13(10(2)19-9)14(16)15-11-5-4-6-12(8-11)20(3,17)18/h4-8H,1-3H3,(H,15,16). The van der Waals surface area contributed by atoms with Crippen LogP contribution in [0.15, 0.2) is 35.2 Å². The molecule has 0 bridgehead atoms. The molecule has 1 amide bonds. The molecule has 1 heterocycles. The van der Waals surface area contributed by atoms with Gasteiger partial charge in [-0.15, -0.1) is 11.3 Å². The summed E-state index contributed by atoms with van der Waals surface area (Å²) >= 11 is 1.56. The van der Waals surface area contributed by atoms with Crippen molar-refractivity contribution in [2.45, 2.75) is 18.7 Å². The minimum Gasteiger partial charge on any atom is -0.322 e. The van der Waals surface area contributed by atoms with Crippen LogP contribution in [-0.2, 0) is 9.84 Å². The van der Waals surface area contributed by atoms with Crippen LogP contribution in [0.1, 0.15) is 20.1 Å². The minimum atomic E-state index is -3.28. The molecule has 6 heteroatoms. The van der Waals surface area contributed by atoms with Crippen LogP contribution in [0.3, 0.4) is 0 Å². The van der Waals surface area contributed by atoms with Gasteiger partial charge in [0.1, 0.15) is 0 Å². The third-order valence-corrected chi connectivity index (χ3v) is 4.88. The smallest absolute Gasteiger partial charge is 0.256 e. The van der Waals surface area contributed by atoms with Gasteiger partial charge in [0.25, 0.3) is 5.91 Å². The first-order valence-electron chi connectivity index (χ1n) is 5.96. The maximum atomic E-state index is 12.2. The average molecular weight is 309 g/mol. The lowest BCUT2D eigenvalue weighted by Gasteiger charge is -2.06. The molecular formula is C14H15NO3S2. The molecule has 0 fully saturated rings. The number of aryl methyl sites for hydroxylation is 2. The van der Waals surface area contributed by atoms with Crippen LogP contribution in [0.25, 0.3) is 0 Å². The number of sulfone groups is 1. The third-order valence-electron chi connectivity index (χ3n) is 2.81. The fourth-order valence-corrected chi connectivity index (χ4v) is 3.45. The van der Waals surface area contributed by atoms with E-state index in [1.165, 1.54) is 12.1 Å². The molecule has 20 heavy (non-hydrogen) atoms. The summed E-state index contributed by atoms with van der Waals surface area (Å²) in [5, 5.41) is 2.73. The van der Waals surface area contributed by atoms with E-state index >= 15 is 0 Å². The maximum absolute atomic E-state index is 12.2. The van der Waals surface area contributed by atoms with E-state index in [4.69, 9.17) is 0 Å². The number of hydrogen-bond acceptors (Lipinski definition) is 4. The van der Waals surface area contributed by atoms with Gasteiger partial charge in [0.2, 0.25) is 0 Å². The molecule has 0 atom stereocenters. The Hall–Kier alpha value is -1.66. The fourth-order valence-electron chi connectivity index (χ4n) is 1.86. The Morgan fingerprint density at radius 2 is 1.90 bits per heavy atom. The Balaban J connectivity index is 2.27. The van der Waals surface area contributed by atoms with Crippen molar-refractivity contribution in [2.24, 2.45) is 0 Å². The van der Waals surface area contributed by atoms with Gasteiger partial charge in [0.05, 0.1) is 10.5 Å². The lowest BCUT2D eigenvalue weighted by Crippen LogP contribution is -2.12. The third kappa shape index (κ3) is 3.26. The Morgan fingerprint density at radius 3 is 2.45 bits per heavy atom. The second kappa shape index (κ2) is 5.38. The van der Waals surface area contributed by atoms with Crippen molar-refractivity contribution in [3.63, 3.8) is 0 Å². The predicted octanol–water partition coefficient (Wildman–Crippen LogP) is 3.02. The molecule has 1 aromatic heterocycles. The summed E-state index contributed by atoms with van der Waals surface area (Å²) in [6, 6.07) is 8.07. The molecule has 106 valence electrons. The van der Waals surface area contributed by atoms with Crippen molar-refractivity contribution in [1.82, 2.24) is 0 Å². The summed E-state index contributed by atoms with van der Waals surface area (Å²) in [5.41, 5.74) is 1.10. The summed E-state index contributed by atoms with van der Waals surface area (Å²) in [4.78, 5) is 14.4. The Labute approximate surface area is 122 Å². The van der Waals surface area contributed by atoms with Crippen molar-refractivity contribution >= 4 is 32.8 Å². The van der Waals surface area contributed by atoms with Crippen LogP contribution in [0.4, 0.5) is 5.69 Å². The van der Waals surface area contributed by atoms with Crippen molar-refractivity contribution in [1.29, 1.82) is 0 Å². The van der Waals surface area contributed by atoms with Gasteiger partial charge in [-0.2, -0.15) is 0 Å². The van der Waals surface area contributed by atoms with Crippen molar-refractivity contribution in [2.75, 3.05) is 11.6 Å². The highest BCUT2D eigenvalue weighted by atomic mass is 32.2. The molecule has 1 aromatic carbocycles. The van der Waals surface area contributed by atoms with Gasteiger partial charge in [0.15, 0.2) is 9.84 Å². The van der Waals surface area contributed by atoms with Gasteiger partial charge < -0.3 is 5.32 Å². The summed E-state index contributed by atoms with van der Waals surface area (Å²) in [5.74, 6) is -0.225. The fraction of sp³-hybridized carbons (Fsp3) is 0.214. The van der Waals surface area contributed by atoms with Gasteiger partial charge in [-0.1, -0.05) is 6.07 Å². The molecule has 0 radical (unpaired) electrons. The Bertz CT molecular complexity index is 760. The Kier molecular flexibility index (Phi) is 3.96. The van der Waals surface area contributed by atoms with Crippen molar-refractivity contribution in [3.8, 4) is 0 Å². The minimum absolute atomic E-state index is 0.188. The van der Waals surface area contributed by atoms with Gasteiger partial charge in [-0.25, -0.2) is 8.42 Å². The maximum Gasteiger partial charge on any atom is 0.256 e. The molecule has 2 aromatic rings. The predicted molar refractivity (Wildman–Crippen MR) is 81.3 cm³/mol. The lowest BCUT2D eigenvalue weighted by atomic mass is 10.2. The summed E-state index contributed by atoms with van der Waals surface area (Å²) in [6.45, 7) is 3.83. The van der Waals surface area contributed by atoms with Crippen LogP contribution in [0, 0.1) is 13.8 Å². The number of amides is 1. The number of hydrogen-bond donors (Lipinski definition) is 1. The second-order valence-electron chi connectivity index (χ2n) is 4.58. The zero-order valence-corrected chi connectivity index (χ0v) is 13.1. The van der Waals surface area contributed by atoms with Gasteiger partial charge >= 0.3 is 0 Å². The molecule has 0 aliphatic carbocycles. The van der Waals surface area contributed by atoms with E-state index in [0.29, 0.717) is 11.3 Å². The van der Waals surface area contributed by atoms with Crippen LogP contribution < -0.4 is 5.32 Å². The topological polar surface area (TPSA) is 63.2 Å². The summed E-state index contributed by atoms with van der Waals surface area (Å²) in [6.07, 6.45) is 1.14. The van der Waals surface area contributed by atoms with E-state index in [0.717, 1.165) is 16.0 Å². The van der Waals surface area contributed by atoms with E-state index in [9.17, 15) is 13.2 Å². The number of thiophene rings is 1. The highest BCUT2D eigenvalue weighted by molar-refractivity contribution is 7.90. The number of carbonyl (C=O) groups is 1. The first kappa shape index (κ1) is 14.7. The van der Waals surface area contributed by atoms with E-state index < -0.39 is 9.84 Å². The van der Waals surface area contributed by atoms with Gasteiger partial charge in [-0.05, 0) is 38.1 Å². The summed E-state index contributed by atoms with van der Waals surface area (Å²) < 4.78 is 23.0. The zero-order chi connectivity index (χ0) is 14.9. The molecule has 0 unspecified atom stereocenters. The number of benzene rings is 1. The molecule has 4 nitrogen and oxygen atoms in total. The van der Waals surface area contributed by atoms with Gasteiger partial charge in [-0.3, -0.25) is 4.79 Å². The van der Waals surface area contributed by atoms with Crippen LogP contribution in [0.5, 0.6) is 0 Å². The molecule has 2 rings (SSSR count). The normalized spacial score (nSPS) is 11.3.